The molecule has 0 aliphatic carbocycles. The fourth-order valence-corrected chi connectivity index (χ4v) is 2.80. The first-order valence-corrected chi connectivity index (χ1v) is 7.83. The Kier molecular flexibility index (Phi) is 4.96. The number of aryl methyl sites for hydroxylation is 1. The first kappa shape index (κ1) is 14.9. The van der Waals surface area contributed by atoms with Crippen LogP contribution < -0.4 is 0 Å². The molecule has 1 aromatic heterocycles. The van der Waals surface area contributed by atoms with Crippen LogP contribution in [0.25, 0.3) is 5.57 Å². The van der Waals surface area contributed by atoms with Gasteiger partial charge < -0.3 is 0 Å². The van der Waals surface area contributed by atoms with E-state index in [9.17, 15) is 4.39 Å². The molecule has 5 heteroatoms. The molecule has 0 spiro atoms. The van der Waals surface area contributed by atoms with Crippen molar-refractivity contribution in [2.75, 3.05) is 19.6 Å². The third-order valence-corrected chi connectivity index (χ3v) is 4.09. The quantitative estimate of drug-likeness (QED) is 0.769. The molecule has 0 saturated carbocycles. The van der Waals surface area contributed by atoms with Crippen LogP contribution in [0.5, 0.6) is 0 Å². The summed E-state index contributed by atoms with van der Waals surface area (Å²) in [6, 6.07) is 6.81. The molecule has 0 fully saturated rings. The molecule has 3 rings (SSSR count). The van der Waals surface area contributed by atoms with Gasteiger partial charge >= 0.3 is 0 Å². The lowest BCUT2D eigenvalue weighted by Crippen LogP contribution is -2.29. The summed E-state index contributed by atoms with van der Waals surface area (Å²) in [5, 5.41) is 7.77. The number of rotatable bonds is 6. The second-order valence-corrected chi connectivity index (χ2v) is 5.66. The maximum Gasteiger partial charge on any atom is 0.123 e. The van der Waals surface area contributed by atoms with E-state index in [1.165, 1.54) is 24.1 Å². The molecule has 2 heterocycles. The molecule has 1 aromatic carbocycles. The number of halogens is 1. The molecule has 2 aromatic rings. The van der Waals surface area contributed by atoms with Gasteiger partial charge in [-0.15, -0.1) is 5.10 Å². The fraction of sp³-hybridized carbons (Fsp3) is 0.412. The summed E-state index contributed by atoms with van der Waals surface area (Å²) >= 11 is 0. The molecule has 0 amide bonds. The van der Waals surface area contributed by atoms with Gasteiger partial charge in [0.05, 0.1) is 6.20 Å². The second-order valence-electron chi connectivity index (χ2n) is 5.66. The van der Waals surface area contributed by atoms with Crippen LogP contribution in [-0.4, -0.2) is 39.5 Å². The Morgan fingerprint density at radius 1 is 1.09 bits per heavy atom. The third kappa shape index (κ3) is 4.01. The highest BCUT2D eigenvalue weighted by Crippen LogP contribution is 2.22. The minimum atomic E-state index is -0.172. The lowest BCUT2D eigenvalue weighted by Gasteiger charge is -2.26. The van der Waals surface area contributed by atoms with Crippen LogP contribution >= 0.6 is 0 Å². The Morgan fingerprint density at radius 3 is 2.59 bits per heavy atom. The Hall–Kier alpha value is -2.01. The topological polar surface area (TPSA) is 34.0 Å². The van der Waals surface area contributed by atoms with E-state index in [0.29, 0.717) is 0 Å². The summed E-state index contributed by atoms with van der Waals surface area (Å²) < 4.78 is 14.8. The Balaban J connectivity index is 1.42. The highest BCUT2D eigenvalue weighted by atomic mass is 19.1. The fourth-order valence-electron chi connectivity index (χ4n) is 2.80. The van der Waals surface area contributed by atoms with E-state index in [0.717, 1.165) is 44.6 Å². The van der Waals surface area contributed by atoms with E-state index in [1.54, 1.807) is 6.20 Å². The minimum absolute atomic E-state index is 0.172. The number of hydrogen-bond donors (Lipinski definition) is 0. The molecule has 0 radical (unpaired) electrons. The van der Waals surface area contributed by atoms with Crippen LogP contribution in [0.1, 0.15) is 24.8 Å². The SMILES string of the molecule is Fc1ccc(C2=CCN(CCCCn3ccnn3)CC2)cc1. The molecule has 0 unspecified atom stereocenters. The monoisotopic (exact) mass is 300 g/mol. The van der Waals surface area contributed by atoms with E-state index in [4.69, 9.17) is 0 Å². The molecule has 1 aliphatic rings. The maximum absolute atomic E-state index is 13.0. The van der Waals surface area contributed by atoms with Gasteiger partial charge in [0, 0.05) is 25.8 Å². The molecule has 0 N–H and O–H groups in total. The predicted molar refractivity (Wildman–Crippen MR) is 84.7 cm³/mol. The van der Waals surface area contributed by atoms with E-state index in [-0.39, 0.29) is 5.82 Å². The molecular weight excluding hydrogens is 279 g/mol. The van der Waals surface area contributed by atoms with Crippen molar-refractivity contribution in [1.29, 1.82) is 0 Å². The summed E-state index contributed by atoms with van der Waals surface area (Å²) in [5.41, 5.74) is 2.48. The van der Waals surface area contributed by atoms with Crippen LogP contribution in [0.4, 0.5) is 4.39 Å². The molecular formula is C17H21FN4. The van der Waals surface area contributed by atoms with Crippen molar-refractivity contribution in [2.45, 2.75) is 25.8 Å². The van der Waals surface area contributed by atoms with Crippen LogP contribution in [0, 0.1) is 5.82 Å². The number of benzene rings is 1. The van der Waals surface area contributed by atoms with Crippen LogP contribution in [0.15, 0.2) is 42.7 Å². The van der Waals surface area contributed by atoms with Gasteiger partial charge in [-0.25, -0.2) is 4.39 Å². The van der Waals surface area contributed by atoms with E-state index < -0.39 is 0 Å². The zero-order valence-corrected chi connectivity index (χ0v) is 12.7. The molecule has 0 saturated heterocycles. The Labute approximate surface area is 130 Å². The number of aromatic nitrogens is 3. The van der Waals surface area contributed by atoms with Gasteiger partial charge in [0.2, 0.25) is 0 Å². The van der Waals surface area contributed by atoms with E-state index in [1.807, 2.05) is 23.0 Å². The van der Waals surface area contributed by atoms with Gasteiger partial charge in [-0.2, -0.15) is 0 Å². The first-order chi connectivity index (χ1) is 10.8. The van der Waals surface area contributed by atoms with Crippen LogP contribution in [-0.2, 0) is 6.54 Å². The summed E-state index contributed by atoms with van der Waals surface area (Å²) in [7, 11) is 0. The summed E-state index contributed by atoms with van der Waals surface area (Å²) in [6.07, 6.45) is 9.21. The predicted octanol–water partition coefficient (Wildman–Crippen LogP) is 2.99. The standard InChI is InChI=1S/C17H21FN4/c18-17-5-3-15(4-6-17)16-7-12-21(13-8-16)10-1-2-11-22-14-9-19-20-22/h3-7,9,14H,1-2,8,10-13H2. The molecule has 4 nitrogen and oxygen atoms in total. The van der Waals surface area contributed by atoms with Crippen molar-refractivity contribution < 1.29 is 4.39 Å². The van der Waals surface area contributed by atoms with Gasteiger partial charge in [0.15, 0.2) is 0 Å². The molecule has 0 bridgehead atoms. The lowest BCUT2D eigenvalue weighted by atomic mass is 9.99. The Morgan fingerprint density at radius 2 is 1.91 bits per heavy atom. The zero-order valence-electron chi connectivity index (χ0n) is 12.7. The minimum Gasteiger partial charge on any atom is -0.299 e. The van der Waals surface area contributed by atoms with Crippen molar-refractivity contribution in [3.63, 3.8) is 0 Å². The van der Waals surface area contributed by atoms with Gasteiger partial charge in [-0.05, 0) is 49.1 Å². The summed E-state index contributed by atoms with van der Waals surface area (Å²) in [5.74, 6) is -0.172. The van der Waals surface area contributed by atoms with Crippen molar-refractivity contribution >= 4 is 5.57 Å². The highest BCUT2D eigenvalue weighted by molar-refractivity contribution is 5.66. The average Bonchev–Trinajstić information content (AvgIpc) is 3.06. The number of hydrogen-bond acceptors (Lipinski definition) is 3. The summed E-state index contributed by atoms with van der Waals surface area (Å²) in [4.78, 5) is 2.47. The maximum atomic E-state index is 13.0. The average molecular weight is 300 g/mol. The number of unbranched alkanes of at least 4 members (excludes halogenated alkanes) is 1. The molecule has 0 atom stereocenters. The molecule has 1 aliphatic heterocycles. The van der Waals surface area contributed by atoms with Gasteiger partial charge in [0.25, 0.3) is 0 Å². The Bertz CT molecular complexity index is 604. The second kappa shape index (κ2) is 7.31. The van der Waals surface area contributed by atoms with E-state index >= 15 is 0 Å². The van der Waals surface area contributed by atoms with Crippen LogP contribution in [0.3, 0.4) is 0 Å². The lowest BCUT2D eigenvalue weighted by molar-refractivity contribution is 0.291. The molecule has 116 valence electrons. The third-order valence-electron chi connectivity index (χ3n) is 4.09. The smallest absolute Gasteiger partial charge is 0.123 e. The van der Waals surface area contributed by atoms with Crippen molar-refractivity contribution in [2.24, 2.45) is 0 Å². The van der Waals surface area contributed by atoms with E-state index in [2.05, 4.69) is 21.3 Å². The van der Waals surface area contributed by atoms with Crippen molar-refractivity contribution in [1.82, 2.24) is 19.9 Å². The normalized spacial score (nSPS) is 15.8. The van der Waals surface area contributed by atoms with Crippen molar-refractivity contribution in [3.05, 3.63) is 54.1 Å². The highest BCUT2D eigenvalue weighted by Gasteiger charge is 2.12. The van der Waals surface area contributed by atoms with Crippen molar-refractivity contribution in [3.8, 4) is 0 Å². The first-order valence-electron chi connectivity index (χ1n) is 7.83. The van der Waals surface area contributed by atoms with Crippen LogP contribution in [0.2, 0.25) is 0 Å². The zero-order chi connectivity index (χ0) is 15.2. The van der Waals surface area contributed by atoms with Gasteiger partial charge in [0.1, 0.15) is 5.82 Å². The molecule has 22 heavy (non-hydrogen) atoms. The van der Waals surface area contributed by atoms with Gasteiger partial charge in [-0.3, -0.25) is 9.58 Å². The largest absolute Gasteiger partial charge is 0.299 e. The summed E-state index contributed by atoms with van der Waals surface area (Å²) in [6.45, 7) is 4.11. The number of nitrogens with zero attached hydrogens (tertiary/aromatic N) is 4. The van der Waals surface area contributed by atoms with Gasteiger partial charge in [-0.1, -0.05) is 23.4 Å².